The van der Waals surface area contributed by atoms with Gasteiger partial charge < -0.3 is 11.1 Å². The van der Waals surface area contributed by atoms with Crippen molar-refractivity contribution in [2.75, 3.05) is 5.32 Å². The van der Waals surface area contributed by atoms with Crippen LogP contribution in [0.1, 0.15) is 19.5 Å². The zero-order valence-corrected chi connectivity index (χ0v) is 9.61. The number of rotatable bonds is 3. The molecule has 0 aromatic carbocycles. The minimum Gasteiger partial charge on any atom is -0.320 e. The second-order valence-electron chi connectivity index (χ2n) is 4.05. The molecule has 84 valence electrons. The van der Waals surface area contributed by atoms with Gasteiger partial charge in [-0.2, -0.15) is 5.10 Å². The van der Waals surface area contributed by atoms with Crippen molar-refractivity contribution in [2.45, 2.75) is 26.8 Å². The number of nitrogens with zero attached hydrogens (tertiary/aromatic N) is 2. The summed E-state index contributed by atoms with van der Waals surface area (Å²) in [5.41, 5.74) is 6.59. The van der Waals surface area contributed by atoms with Gasteiger partial charge in [0.15, 0.2) is 0 Å². The maximum Gasteiger partial charge on any atom is 0.242 e. The van der Waals surface area contributed by atoms with Crippen LogP contribution in [0.2, 0.25) is 0 Å². The fraction of sp³-hybridized carbons (Fsp3) is 0.600. The lowest BCUT2D eigenvalue weighted by Crippen LogP contribution is -2.40. The van der Waals surface area contributed by atoms with Crippen molar-refractivity contribution >= 4 is 11.7 Å². The molecule has 5 heteroatoms. The summed E-state index contributed by atoms with van der Waals surface area (Å²) < 4.78 is 1.63. The van der Waals surface area contributed by atoms with Crippen LogP contribution in [0, 0.1) is 12.8 Å². The first-order valence-electron chi connectivity index (χ1n) is 4.99. The predicted molar refractivity (Wildman–Crippen MR) is 59.4 cm³/mol. The number of aromatic nitrogens is 2. The Morgan fingerprint density at radius 2 is 2.20 bits per heavy atom. The van der Waals surface area contributed by atoms with E-state index in [1.54, 1.807) is 11.7 Å². The number of amides is 1. The van der Waals surface area contributed by atoms with Gasteiger partial charge in [0, 0.05) is 13.1 Å². The van der Waals surface area contributed by atoms with Gasteiger partial charge in [0.2, 0.25) is 5.91 Å². The first-order valence-corrected chi connectivity index (χ1v) is 4.99. The zero-order valence-electron chi connectivity index (χ0n) is 9.61. The van der Waals surface area contributed by atoms with Crippen molar-refractivity contribution in [3.8, 4) is 0 Å². The molecule has 0 saturated heterocycles. The Labute approximate surface area is 89.6 Å². The highest BCUT2D eigenvalue weighted by atomic mass is 16.2. The summed E-state index contributed by atoms with van der Waals surface area (Å²) >= 11 is 0. The van der Waals surface area contributed by atoms with E-state index in [4.69, 9.17) is 5.73 Å². The van der Waals surface area contributed by atoms with E-state index in [1.807, 2.05) is 26.8 Å². The molecular formula is C10H18N4O. The molecule has 1 rings (SSSR count). The highest BCUT2D eigenvalue weighted by Gasteiger charge is 2.18. The first kappa shape index (κ1) is 11.7. The average Bonchev–Trinajstić information content (AvgIpc) is 2.43. The van der Waals surface area contributed by atoms with Crippen LogP contribution in [0.3, 0.4) is 0 Å². The lowest BCUT2D eigenvalue weighted by molar-refractivity contribution is -0.118. The standard InChI is InChI=1S/C10H18N4O/c1-6(2)9(11)10(15)12-8-5-7(3)13-14(8)4/h5-6,9H,11H2,1-4H3,(H,12,15)/t9-/m1/s1. The number of nitrogens with two attached hydrogens (primary N) is 1. The quantitative estimate of drug-likeness (QED) is 0.769. The summed E-state index contributed by atoms with van der Waals surface area (Å²) in [5, 5.41) is 6.88. The summed E-state index contributed by atoms with van der Waals surface area (Å²) in [5.74, 6) is 0.626. The molecule has 1 atom stereocenters. The van der Waals surface area contributed by atoms with E-state index in [-0.39, 0.29) is 11.8 Å². The lowest BCUT2D eigenvalue weighted by Gasteiger charge is -2.14. The normalized spacial score (nSPS) is 12.9. The summed E-state index contributed by atoms with van der Waals surface area (Å²) in [6, 6.07) is 1.32. The van der Waals surface area contributed by atoms with Crippen LogP contribution in [-0.2, 0) is 11.8 Å². The van der Waals surface area contributed by atoms with E-state index in [0.29, 0.717) is 5.82 Å². The van der Waals surface area contributed by atoms with E-state index in [2.05, 4.69) is 10.4 Å². The van der Waals surface area contributed by atoms with E-state index >= 15 is 0 Å². The highest BCUT2D eigenvalue weighted by Crippen LogP contribution is 2.09. The summed E-state index contributed by atoms with van der Waals surface area (Å²) in [6.45, 7) is 5.70. The van der Waals surface area contributed by atoms with Crippen molar-refractivity contribution in [3.63, 3.8) is 0 Å². The maximum atomic E-state index is 11.6. The van der Waals surface area contributed by atoms with Gasteiger partial charge in [-0.1, -0.05) is 13.8 Å². The molecule has 0 bridgehead atoms. The van der Waals surface area contributed by atoms with Gasteiger partial charge >= 0.3 is 0 Å². The molecule has 15 heavy (non-hydrogen) atoms. The Morgan fingerprint density at radius 1 is 1.60 bits per heavy atom. The molecule has 1 amide bonds. The molecule has 0 spiro atoms. The Bertz CT molecular complexity index is 356. The topological polar surface area (TPSA) is 72.9 Å². The second-order valence-corrected chi connectivity index (χ2v) is 4.05. The maximum absolute atomic E-state index is 11.6. The van der Waals surface area contributed by atoms with Crippen LogP contribution in [-0.4, -0.2) is 21.7 Å². The van der Waals surface area contributed by atoms with Gasteiger partial charge in [-0.15, -0.1) is 0 Å². The molecule has 0 aliphatic carbocycles. The fourth-order valence-electron chi connectivity index (χ4n) is 1.24. The van der Waals surface area contributed by atoms with Gasteiger partial charge in [-0.25, -0.2) is 0 Å². The van der Waals surface area contributed by atoms with Crippen molar-refractivity contribution in [1.29, 1.82) is 0 Å². The molecule has 1 aromatic rings. The third-order valence-electron chi connectivity index (χ3n) is 2.27. The molecule has 3 N–H and O–H groups in total. The van der Waals surface area contributed by atoms with Crippen molar-refractivity contribution in [2.24, 2.45) is 18.7 Å². The molecule has 0 unspecified atom stereocenters. The predicted octanol–water partition coefficient (Wildman–Crippen LogP) is 0.650. The number of hydrogen-bond acceptors (Lipinski definition) is 3. The minimum atomic E-state index is -0.486. The number of nitrogens with one attached hydrogen (secondary N) is 1. The molecule has 5 nitrogen and oxygen atoms in total. The van der Waals surface area contributed by atoms with Crippen LogP contribution in [0.25, 0.3) is 0 Å². The van der Waals surface area contributed by atoms with E-state index in [0.717, 1.165) is 5.69 Å². The van der Waals surface area contributed by atoms with Crippen LogP contribution >= 0.6 is 0 Å². The van der Waals surface area contributed by atoms with Gasteiger partial charge in [-0.3, -0.25) is 9.48 Å². The number of aryl methyl sites for hydroxylation is 2. The lowest BCUT2D eigenvalue weighted by atomic mass is 10.1. The Morgan fingerprint density at radius 3 is 2.60 bits per heavy atom. The van der Waals surface area contributed by atoms with Gasteiger partial charge in [0.05, 0.1) is 11.7 Å². The molecule has 0 fully saturated rings. The van der Waals surface area contributed by atoms with Crippen LogP contribution in [0.5, 0.6) is 0 Å². The van der Waals surface area contributed by atoms with Crippen LogP contribution in [0.15, 0.2) is 6.07 Å². The molecule has 0 saturated carbocycles. The van der Waals surface area contributed by atoms with Crippen molar-refractivity contribution in [1.82, 2.24) is 9.78 Å². The Hall–Kier alpha value is -1.36. The third-order valence-corrected chi connectivity index (χ3v) is 2.27. The van der Waals surface area contributed by atoms with E-state index in [9.17, 15) is 4.79 Å². The van der Waals surface area contributed by atoms with Crippen molar-refractivity contribution < 1.29 is 4.79 Å². The largest absolute Gasteiger partial charge is 0.320 e. The number of anilines is 1. The van der Waals surface area contributed by atoms with Gasteiger partial charge in [0.25, 0.3) is 0 Å². The first-order chi connectivity index (χ1) is 6.91. The minimum absolute atomic E-state index is 0.124. The summed E-state index contributed by atoms with van der Waals surface area (Å²) in [6.07, 6.45) is 0. The monoisotopic (exact) mass is 210 g/mol. The number of carbonyl (C=O) groups is 1. The van der Waals surface area contributed by atoms with Gasteiger partial charge in [0.1, 0.15) is 5.82 Å². The molecule has 0 aliphatic heterocycles. The van der Waals surface area contributed by atoms with Crippen LogP contribution in [0.4, 0.5) is 5.82 Å². The van der Waals surface area contributed by atoms with Crippen LogP contribution < -0.4 is 11.1 Å². The fourth-order valence-corrected chi connectivity index (χ4v) is 1.24. The van der Waals surface area contributed by atoms with E-state index in [1.165, 1.54) is 0 Å². The second kappa shape index (κ2) is 4.44. The average molecular weight is 210 g/mol. The summed E-state index contributed by atoms with van der Waals surface area (Å²) in [4.78, 5) is 11.6. The molecule has 0 aliphatic rings. The smallest absolute Gasteiger partial charge is 0.242 e. The number of carbonyl (C=O) groups excluding carboxylic acids is 1. The molecule has 1 aromatic heterocycles. The van der Waals surface area contributed by atoms with Gasteiger partial charge in [-0.05, 0) is 12.8 Å². The van der Waals surface area contributed by atoms with E-state index < -0.39 is 6.04 Å². The number of hydrogen-bond donors (Lipinski definition) is 2. The highest BCUT2D eigenvalue weighted by molar-refractivity contribution is 5.94. The SMILES string of the molecule is Cc1cc(NC(=O)[C@H](N)C(C)C)n(C)n1. The Balaban J connectivity index is 2.70. The molecule has 1 heterocycles. The Kier molecular flexibility index (Phi) is 3.47. The summed E-state index contributed by atoms with van der Waals surface area (Å²) in [7, 11) is 1.78. The zero-order chi connectivity index (χ0) is 11.6. The molecule has 0 radical (unpaired) electrons. The third kappa shape index (κ3) is 2.79. The molecular weight excluding hydrogens is 192 g/mol. The van der Waals surface area contributed by atoms with Crippen molar-refractivity contribution in [3.05, 3.63) is 11.8 Å².